The molecule has 0 aliphatic heterocycles. The Morgan fingerprint density at radius 1 is 1.12 bits per heavy atom. The zero-order valence-corrected chi connectivity index (χ0v) is 19.9. The predicted octanol–water partition coefficient (Wildman–Crippen LogP) is 4.92. The standard InChI is InChI=1S/C23H25ClN4O4.ClH/c1-28(2)15-6-3-13(4-7-15)22(30)27-20-17-11-16(29)8-9-18(17)32-21(20)23(31)26-19-10-5-14(24)12-25-19;/h5,8-13,15,29H,3-4,6-7H2,1-2H3,(H,27,30)(H,25,26,31);1H. The van der Waals surface area contributed by atoms with Crippen LogP contribution in [0.15, 0.2) is 40.9 Å². The molecule has 176 valence electrons. The zero-order chi connectivity index (χ0) is 22.8. The van der Waals surface area contributed by atoms with Crippen LogP contribution in [0.1, 0.15) is 36.2 Å². The average Bonchev–Trinajstić information content (AvgIpc) is 3.13. The number of benzene rings is 1. The van der Waals surface area contributed by atoms with Crippen molar-refractivity contribution in [2.45, 2.75) is 31.7 Å². The van der Waals surface area contributed by atoms with E-state index in [9.17, 15) is 14.7 Å². The van der Waals surface area contributed by atoms with E-state index >= 15 is 0 Å². The first-order chi connectivity index (χ1) is 15.3. The quantitative estimate of drug-likeness (QED) is 0.466. The van der Waals surface area contributed by atoms with Gasteiger partial charge in [0.25, 0.3) is 5.91 Å². The van der Waals surface area contributed by atoms with Crippen molar-refractivity contribution >= 4 is 58.3 Å². The van der Waals surface area contributed by atoms with Crippen LogP contribution in [-0.2, 0) is 4.79 Å². The lowest BCUT2D eigenvalue weighted by molar-refractivity contribution is -0.121. The highest BCUT2D eigenvalue weighted by atomic mass is 35.5. The number of phenols is 1. The van der Waals surface area contributed by atoms with Gasteiger partial charge in [-0.15, -0.1) is 12.4 Å². The molecule has 0 bridgehead atoms. The molecule has 1 aliphatic rings. The van der Waals surface area contributed by atoms with E-state index < -0.39 is 5.91 Å². The van der Waals surface area contributed by atoms with Gasteiger partial charge in [0.2, 0.25) is 11.7 Å². The molecule has 1 fully saturated rings. The van der Waals surface area contributed by atoms with Crippen LogP contribution in [0.2, 0.25) is 5.02 Å². The maximum atomic E-state index is 13.1. The lowest BCUT2D eigenvalue weighted by atomic mass is 9.85. The number of carbonyl (C=O) groups is 2. The van der Waals surface area contributed by atoms with Gasteiger partial charge < -0.3 is 25.1 Å². The lowest BCUT2D eigenvalue weighted by Gasteiger charge is -2.31. The van der Waals surface area contributed by atoms with E-state index in [-0.39, 0.29) is 41.4 Å². The highest BCUT2D eigenvalue weighted by Gasteiger charge is 2.30. The molecule has 1 saturated carbocycles. The first-order valence-corrected chi connectivity index (χ1v) is 10.9. The number of hydrogen-bond donors (Lipinski definition) is 3. The lowest BCUT2D eigenvalue weighted by Crippen LogP contribution is -2.35. The van der Waals surface area contributed by atoms with Crippen molar-refractivity contribution in [1.29, 1.82) is 0 Å². The first-order valence-electron chi connectivity index (χ1n) is 10.5. The predicted molar refractivity (Wildman–Crippen MR) is 130 cm³/mol. The van der Waals surface area contributed by atoms with Gasteiger partial charge in [-0.25, -0.2) is 4.98 Å². The van der Waals surface area contributed by atoms with Crippen LogP contribution in [0.4, 0.5) is 11.5 Å². The third-order valence-corrected chi connectivity index (χ3v) is 6.12. The van der Waals surface area contributed by atoms with E-state index in [2.05, 4.69) is 34.6 Å². The Kier molecular flexibility index (Phi) is 7.84. The number of phenolic OH excluding ortho intramolecular Hbond substituents is 1. The number of aromatic nitrogens is 1. The Labute approximate surface area is 202 Å². The summed E-state index contributed by atoms with van der Waals surface area (Å²) in [6, 6.07) is 8.12. The van der Waals surface area contributed by atoms with Crippen LogP contribution in [-0.4, -0.2) is 46.9 Å². The Balaban J connectivity index is 0.00000306. The van der Waals surface area contributed by atoms with Crippen molar-refractivity contribution < 1.29 is 19.1 Å². The van der Waals surface area contributed by atoms with E-state index in [0.717, 1.165) is 25.7 Å². The maximum Gasteiger partial charge on any atom is 0.294 e. The molecule has 2 heterocycles. The molecule has 3 N–H and O–H groups in total. The number of hydrogen-bond acceptors (Lipinski definition) is 6. The largest absolute Gasteiger partial charge is 0.508 e. The Hall–Kier alpha value is -2.81. The van der Waals surface area contributed by atoms with E-state index in [1.54, 1.807) is 18.2 Å². The van der Waals surface area contributed by atoms with Crippen LogP contribution >= 0.6 is 24.0 Å². The molecular weight excluding hydrogens is 467 g/mol. The van der Waals surface area contributed by atoms with E-state index in [1.165, 1.54) is 18.3 Å². The van der Waals surface area contributed by atoms with Crippen LogP contribution in [0.5, 0.6) is 5.75 Å². The van der Waals surface area contributed by atoms with Crippen molar-refractivity contribution in [3.05, 3.63) is 47.3 Å². The number of furan rings is 1. The number of nitrogens with one attached hydrogen (secondary N) is 2. The summed E-state index contributed by atoms with van der Waals surface area (Å²) in [5, 5.41) is 16.4. The molecule has 8 nitrogen and oxygen atoms in total. The number of pyridine rings is 1. The number of carbonyl (C=O) groups excluding carboxylic acids is 2. The van der Waals surface area contributed by atoms with Gasteiger partial charge in [0.1, 0.15) is 22.8 Å². The molecule has 0 spiro atoms. The fourth-order valence-electron chi connectivity index (χ4n) is 4.07. The molecule has 0 saturated heterocycles. The summed E-state index contributed by atoms with van der Waals surface area (Å²) in [4.78, 5) is 32.3. The molecule has 1 aliphatic carbocycles. The number of anilines is 2. The normalized spacial score (nSPS) is 18.1. The average molecular weight is 493 g/mol. The van der Waals surface area contributed by atoms with Gasteiger partial charge in [0.15, 0.2) is 0 Å². The molecular formula is C23H26Cl2N4O4. The molecule has 4 rings (SSSR count). The summed E-state index contributed by atoms with van der Waals surface area (Å²) < 4.78 is 5.75. The minimum Gasteiger partial charge on any atom is -0.508 e. The van der Waals surface area contributed by atoms with Crippen molar-refractivity contribution in [2.75, 3.05) is 24.7 Å². The summed E-state index contributed by atoms with van der Waals surface area (Å²) in [7, 11) is 4.10. The molecule has 2 amide bonds. The van der Waals surface area contributed by atoms with Crippen molar-refractivity contribution in [1.82, 2.24) is 9.88 Å². The summed E-state index contributed by atoms with van der Waals surface area (Å²) in [6.07, 6.45) is 4.83. The number of halogens is 2. The minimum atomic E-state index is -0.567. The highest BCUT2D eigenvalue weighted by Crippen LogP contribution is 2.35. The monoisotopic (exact) mass is 492 g/mol. The number of aromatic hydroxyl groups is 1. The summed E-state index contributed by atoms with van der Waals surface area (Å²) in [5.74, 6) is -0.636. The SMILES string of the molecule is CN(C)C1CCC(C(=O)Nc2c(C(=O)Nc3ccc(Cl)cn3)oc3ccc(O)cc23)CC1.Cl. The Bertz CT molecular complexity index is 1140. The van der Waals surface area contributed by atoms with E-state index in [0.29, 0.717) is 27.9 Å². The zero-order valence-electron chi connectivity index (χ0n) is 18.3. The van der Waals surface area contributed by atoms with Gasteiger partial charge in [-0.2, -0.15) is 0 Å². The molecule has 33 heavy (non-hydrogen) atoms. The van der Waals surface area contributed by atoms with Gasteiger partial charge in [0, 0.05) is 23.5 Å². The fourth-order valence-corrected chi connectivity index (χ4v) is 4.18. The number of nitrogens with zero attached hydrogens (tertiary/aromatic N) is 2. The molecule has 0 radical (unpaired) electrons. The van der Waals surface area contributed by atoms with E-state index in [4.69, 9.17) is 16.0 Å². The summed E-state index contributed by atoms with van der Waals surface area (Å²) in [6.45, 7) is 0. The second kappa shape index (κ2) is 10.4. The summed E-state index contributed by atoms with van der Waals surface area (Å²) >= 11 is 5.85. The number of rotatable bonds is 5. The Morgan fingerprint density at radius 2 is 1.85 bits per heavy atom. The fraction of sp³-hybridized carbons (Fsp3) is 0.348. The highest BCUT2D eigenvalue weighted by molar-refractivity contribution is 6.30. The van der Waals surface area contributed by atoms with Gasteiger partial charge in [-0.05, 0) is 70.1 Å². The smallest absolute Gasteiger partial charge is 0.294 e. The maximum absolute atomic E-state index is 13.1. The molecule has 2 aromatic heterocycles. The Morgan fingerprint density at radius 3 is 2.48 bits per heavy atom. The first kappa shape index (κ1) is 24.8. The van der Waals surface area contributed by atoms with E-state index in [1.807, 2.05) is 0 Å². The van der Waals surface area contributed by atoms with Gasteiger partial charge in [-0.1, -0.05) is 11.6 Å². The van der Waals surface area contributed by atoms with Crippen LogP contribution in [0, 0.1) is 5.92 Å². The van der Waals surface area contributed by atoms with Crippen molar-refractivity contribution in [3.63, 3.8) is 0 Å². The third kappa shape index (κ3) is 5.58. The van der Waals surface area contributed by atoms with Crippen LogP contribution in [0.3, 0.4) is 0 Å². The summed E-state index contributed by atoms with van der Waals surface area (Å²) in [5.41, 5.74) is 0.616. The molecule has 0 atom stereocenters. The molecule has 10 heteroatoms. The third-order valence-electron chi connectivity index (χ3n) is 5.89. The minimum absolute atomic E-state index is 0. The van der Waals surface area contributed by atoms with Gasteiger partial charge >= 0.3 is 0 Å². The second-order valence-electron chi connectivity index (χ2n) is 8.26. The molecule has 0 unspecified atom stereocenters. The van der Waals surface area contributed by atoms with Crippen LogP contribution in [0.25, 0.3) is 11.0 Å². The van der Waals surface area contributed by atoms with Gasteiger partial charge in [0.05, 0.1) is 5.02 Å². The van der Waals surface area contributed by atoms with Gasteiger partial charge in [-0.3, -0.25) is 9.59 Å². The molecule has 1 aromatic carbocycles. The number of fused-ring (bicyclic) bond motifs is 1. The topological polar surface area (TPSA) is 108 Å². The van der Waals surface area contributed by atoms with Crippen molar-refractivity contribution in [2.24, 2.45) is 5.92 Å². The molecule has 3 aromatic rings. The second-order valence-corrected chi connectivity index (χ2v) is 8.70. The number of amides is 2. The van der Waals surface area contributed by atoms with Crippen LogP contribution < -0.4 is 10.6 Å². The van der Waals surface area contributed by atoms with Crippen molar-refractivity contribution in [3.8, 4) is 5.75 Å².